The monoisotopic (exact) mass is 391 g/mol. The van der Waals surface area contributed by atoms with Gasteiger partial charge in [0.05, 0.1) is 32.0 Å². The van der Waals surface area contributed by atoms with E-state index < -0.39 is 4.92 Å². The fourth-order valence-corrected chi connectivity index (χ4v) is 2.28. The molecule has 0 saturated carbocycles. The maximum absolute atomic E-state index is 11.9. The first-order valence-corrected chi connectivity index (χ1v) is 6.58. The number of rotatable bonds is 3. The van der Waals surface area contributed by atoms with Gasteiger partial charge in [-0.25, -0.2) is 4.98 Å². The van der Waals surface area contributed by atoms with Crippen molar-refractivity contribution in [2.75, 3.05) is 0 Å². The molecular formula is C11H7ClIN3O3. The Bertz CT molecular complexity index is 702. The lowest BCUT2D eigenvalue weighted by molar-refractivity contribution is -0.385. The highest BCUT2D eigenvalue weighted by atomic mass is 127. The van der Waals surface area contributed by atoms with E-state index in [0.717, 1.165) is 0 Å². The average Bonchev–Trinajstić information content (AvgIpc) is 2.36. The zero-order valence-electron chi connectivity index (χ0n) is 9.42. The Labute approximate surface area is 126 Å². The van der Waals surface area contributed by atoms with Crippen LogP contribution in [0.5, 0.6) is 0 Å². The largest absolute Gasteiger partial charge is 0.294 e. The third-order valence-corrected chi connectivity index (χ3v) is 3.57. The van der Waals surface area contributed by atoms with E-state index in [4.69, 9.17) is 11.6 Å². The molecule has 0 aliphatic heterocycles. The maximum Gasteiger partial charge on any atom is 0.275 e. The molecule has 1 aromatic carbocycles. The minimum absolute atomic E-state index is 0.0126. The molecule has 0 amide bonds. The summed E-state index contributed by atoms with van der Waals surface area (Å²) in [6.45, 7) is 0.0126. The van der Waals surface area contributed by atoms with Gasteiger partial charge in [-0.05, 0) is 28.7 Å². The van der Waals surface area contributed by atoms with Gasteiger partial charge in [0.2, 0.25) is 0 Å². The third kappa shape index (κ3) is 2.92. The molecule has 1 heterocycles. The molecule has 0 saturated heterocycles. The van der Waals surface area contributed by atoms with Crippen LogP contribution in [0.1, 0.15) is 5.56 Å². The SMILES string of the molecule is O=c1c(I)cncn1Cc1c(Cl)cccc1[N+](=O)[O-]. The van der Waals surface area contributed by atoms with Gasteiger partial charge in [0.25, 0.3) is 11.2 Å². The Hall–Kier alpha value is -1.48. The summed E-state index contributed by atoms with van der Waals surface area (Å²) < 4.78 is 1.73. The minimum Gasteiger partial charge on any atom is -0.294 e. The smallest absolute Gasteiger partial charge is 0.275 e. The highest BCUT2D eigenvalue weighted by Gasteiger charge is 2.17. The summed E-state index contributed by atoms with van der Waals surface area (Å²) in [6, 6.07) is 4.41. The predicted octanol–water partition coefficient (Wildman–Crippen LogP) is 2.46. The highest BCUT2D eigenvalue weighted by molar-refractivity contribution is 14.1. The molecule has 0 atom stereocenters. The average molecular weight is 392 g/mol. The summed E-state index contributed by atoms with van der Waals surface area (Å²) >= 11 is 7.83. The van der Waals surface area contributed by atoms with Crippen molar-refractivity contribution in [3.05, 3.63) is 65.3 Å². The van der Waals surface area contributed by atoms with Crippen LogP contribution in [0.2, 0.25) is 5.02 Å². The Morgan fingerprint density at radius 1 is 1.47 bits per heavy atom. The van der Waals surface area contributed by atoms with Crippen LogP contribution < -0.4 is 5.56 Å². The Kier molecular flexibility index (Phi) is 4.15. The molecule has 0 fully saturated rings. The van der Waals surface area contributed by atoms with Gasteiger partial charge in [-0.1, -0.05) is 17.7 Å². The summed E-state index contributed by atoms with van der Waals surface area (Å²) in [5.41, 5.74) is -0.0804. The molecule has 2 rings (SSSR count). The fourth-order valence-electron chi connectivity index (χ4n) is 1.58. The fraction of sp³-hybridized carbons (Fsp3) is 0.0909. The van der Waals surface area contributed by atoms with Crippen LogP contribution in [0, 0.1) is 13.7 Å². The molecule has 0 aliphatic rings. The summed E-state index contributed by atoms with van der Waals surface area (Å²) in [6.07, 6.45) is 2.76. The van der Waals surface area contributed by atoms with Crippen LogP contribution in [0.25, 0.3) is 0 Å². The van der Waals surface area contributed by atoms with E-state index in [-0.39, 0.29) is 22.8 Å². The number of nitro benzene ring substituents is 1. The molecule has 8 heteroatoms. The van der Waals surface area contributed by atoms with Crippen molar-refractivity contribution in [2.24, 2.45) is 0 Å². The number of hydrogen-bond donors (Lipinski definition) is 0. The van der Waals surface area contributed by atoms with Crippen molar-refractivity contribution >= 4 is 39.9 Å². The first-order chi connectivity index (χ1) is 9.00. The van der Waals surface area contributed by atoms with Crippen LogP contribution in [-0.4, -0.2) is 14.5 Å². The summed E-state index contributed by atoms with van der Waals surface area (Å²) in [7, 11) is 0. The number of halogens is 2. The van der Waals surface area contributed by atoms with Crippen LogP contribution in [0.3, 0.4) is 0 Å². The summed E-state index contributed by atoms with van der Waals surface area (Å²) in [5, 5.41) is 11.2. The van der Waals surface area contributed by atoms with Crippen molar-refractivity contribution in [3.8, 4) is 0 Å². The van der Waals surface area contributed by atoms with Crippen molar-refractivity contribution in [3.63, 3.8) is 0 Å². The van der Waals surface area contributed by atoms with E-state index in [1.165, 1.54) is 29.2 Å². The van der Waals surface area contributed by atoms with E-state index in [0.29, 0.717) is 9.13 Å². The number of nitro groups is 1. The minimum atomic E-state index is -0.520. The highest BCUT2D eigenvalue weighted by Crippen LogP contribution is 2.26. The quantitative estimate of drug-likeness (QED) is 0.457. The van der Waals surface area contributed by atoms with Gasteiger partial charge in [-0.3, -0.25) is 19.5 Å². The molecule has 0 bridgehead atoms. The lowest BCUT2D eigenvalue weighted by Gasteiger charge is -2.07. The normalized spacial score (nSPS) is 10.4. The van der Waals surface area contributed by atoms with E-state index in [1.54, 1.807) is 6.07 Å². The molecule has 2 aromatic rings. The van der Waals surface area contributed by atoms with E-state index in [1.807, 2.05) is 22.6 Å². The first-order valence-electron chi connectivity index (χ1n) is 5.12. The van der Waals surface area contributed by atoms with Crippen LogP contribution in [-0.2, 0) is 6.54 Å². The van der Waals surface area contributed by atoms with Crippen LogP contribution >= 0.6 is 34.2 Å². The molecule has 19 heavy (non-hydrogen) atoms. The van der Waals surface area contributed by atoms with Crippen molar-refractivity contribution < 1.29 is 4.92 Å². The van der Waals surface area contributed by atoms with E-state index >= 15 is 0 Å². The number of benzene rings is 1. The molecule has 1 aromatic heterocycles. The third-order valence-electron chi connectivity index (χ3n) is 2.48. The molecule has 0 aliphatic carbocycles. The second kappa shape index (κ2) is 5.66. The first kappa shape index (κ1) is 13.9. The van der Waals surface area contributed by atoms with E-state index in [9.17, 15) is 14.9 Å². The summed E-state index contributed by atoms with van der Waals surface area (Å²) in [5.74, 6) is 0. The standard InChI is InChI=1S/C11H7ClIN3O3/c12-8-2-1-3-10(16(18)19)7(8)5-15-6-14-4-9(13)11(15)17/h1-4,6H,5H2. The second-order valence-corrected chi connectivity index (χ2v) is 5.24. The second-order valence-electron chi connectivity index (χ2n) is 3.67. The van der Waals surface area contributed by atoms with Crippen LogP contribution in [0.15, 0.2) is 35.5 Å². The van der Waals surface area contributed by atoms with Crippen LogP contribution in [0.4, 0.5) is 5.69 Å². The van der Waals surface area contributed by atoms with Crippen molar-refractivity contribution in [2.45, 2.75) is 6.54 Å². The molecule has 98 valence electrons. The topological polar surface area (TPSA) is 78.0 Å². The van der Waals surface area contributed by atoms with Gasteiger partial charge in [0, 0.05) is 12.3 Å². The molecule has 0 spiro atoms. The Balaban J connectivity index is 2.52. The maximum atomic E-state index is 11.9. The molecular weight excluding hydrogens is 384 g/mol. The molecule has 0 N–H and O–H groups in total. The summed E-state index contributed by atoms with van der Waals surface area (Å²) in [4.78, 5) is 26.2. The zero-order valence-corrected chi connectivity index (χ0v) is 12.3. The Morgan fingerprint density at radius 3 is 2.89 bits per heavy atom. The predicted molar refractivity (Wildman–Crippen MR) is 78.4 cm³/mol. The van der Waals surface area contributed by atoms with Gasteiger partial charge in [-0.15, -0.1) is 0 Å². The molecule has 0 unspecified atom stereocenters. The van der Waals surface area contributed by atoms with E-state index in [2.05, 4.69) is 4.98 Å². The zero-order chi connectivity index (χ0) is 14.0. The van der Waals surface area contributed by atoms with Crippen molar-refractivity contribution in [1.82, 2.24) is 9.55 Å². The number of aromatic nitrogens is 2. The van der Waals surface area contributed by atoms with Crippen molar-refractivity contribution in [1.29, 1.82) is 0 Å². The van der Waals surface area contributed by atoms with Gasteiger partial charge in [0.15, 0.2) is 0 Å². The number of nitrogens with zero attached hydrogens (tertiary/aromatic N) is 3. The van der Waals surface area contributed by atoms with Gasteiger partial charge in [-0.2, -0.15) is 0 Å². The Morgan fingerprint density at radius 2 is 2.21 bits per heavy atom. The van der Waals surface area contributed by atoms with Gasteiger partial charge >= 0.3 is 0 Å². The number of hydrogen-bond acceptors (Lipinski definition) is 4. The van der Waals surface area contributed by atoms with Gasteiger partial charge < -0.3 is 0 Å². The molecule has 0 radical (unpaired) electrons. The van der Waals surface area contributed by atoms with Gasteiger partial charge in [0.1, 0.15) is 0 Å². The lowest BCUT2D eigenvalue weighted by Crippen LogP contribution is -2.23. The lowest BCUT2D eigenvalue weighted by atomic mass is 10.2. The molecule has 6 nitrogen and oxygen atoms in total.